The minimum absolute atomic E-state index is 0.165. The zero-order valence-corrected chi connectivity index (χ0v) is 10.0. The molecule has 3 N–H and O–H groups in total. The second-order valence-electron chi connectivity index (χ2n) is 3.23. The Bertz CT molecular complexity index is 562. The number of nitrogens with zero attached hydrogens (tertiary/aromatic N) is 1. The van der Waals surface area contributed by atoms with Crippen LogP contribution in [0.5, 0.6) is 0 Å². The largest absolute Gasteiger partial charge is 0.384 e. The van der Waals surface area contributed by atoms with Crippen LogP contribution in [0, 0.1) is 0 Å². The molecule has 0 saturated carbocycles. The molecule has 0 radical (unpaired) electrons. The van der Waals surface area contributed by atoms with Crippen molar-refractivity contribution in [3.05, 3.63) is 18.3 Å². The summed E-state index contributed by atoms with van der Waals surface area (Å²) in [5.74, 6) is 0.242. The molecule has 1 rings (SSSR count). The quantitative estimate of drug-likeness (QED) is 0.750. The molecule has 0 fully saturated rings. The van der Waals surface area contributed by atoms with Gasteiger partial charge in [-0.2, -0.15) is 0 Å². The molecule has 0 aromatic carbocycles. The molecule has 16 heavy (non-hydrogen) atoms. The van der Waals surface area contributed by atoms with Crippen molar-refractivity contribution in [3.8, 4) is 0 Å². The zero-order valence-electron chi connectivity index (χ0n) is 8.41. The normalized spacial score (nSPS) is 12.3. The van der Waals surface area contributed by atoms with Crippen LogP contribution in [0.15, 0.2) is 18.3 Å². The minimum Gasteiger partial charge on any atom is -0.384 e. The van der Waals surface area contributed by atoms with Crippen molar-refractivity contribution in [1.29, 1.82) is 0 Å². The van der Waals surface area contributed by atoms with Gasteiger partial charge in [-0.25, -0.2) is 21.8 Å². The number of aromatic nitrogens is 1. The van der Waals surface area contributed by atoms with Gasteiger partial charge in [-0.3, -0.25) is 4.72 Å². The van der Waals surface area contributed by atoms with E-state index in [-0.39, 0.29) is 11.5 Å². The first-order valence-electron chi connectivity index (χ1n) is 4.08. The SMILES string of the molecule is CS(=O)(=O)CS(=O)(=O)Nc1ccc(N)nc1. The number of hydrogen-bond acceptors (Lipinski definition) is 6. The van der Waals surface area contributed by atoms with Crippen molar-refractivity contribution >= 4 is 31.4 Å². The molecular weight excluding hydrogens is 254 g/mol. The summed E-state index contributed by atoms with van der Waals surface area (Å²) in [6, 6.07) is 2.79. The molecule has 1 heterocycles. The highest BCUT2D eigenvalue weighted by molar-refractivity contribution is 8.08. The van der Waals surface area contributed by atoms with E-state index in [9.17, 15) is 16.8 Å². The standard InChI is InChI=1S/C7H11N3O4S2/c1-15(11,12)5-16(13,14)10-6-2-3-7(8)9-4-6/h2-4,10H,5H2,1H3,(H2,8,9). The molecule has 90 valence electrons. The number of rotatable bonds is 4. The highest BCUT2D eigenvalue weighted by atomic mass is 32.3. The number of anilines is 2. The summed E-state index contributed by atoms with van der Waals surface area (Å²) in [7, 11) is -7.53. The fourth-order valence-electron chi connectivity index (χ4n) is 0.957. The second kappa shape index (κ2) is 4.26. The molecule has 9 heteroatoms. The maximum atomic E-state index is 11.4. The summed E-state index contributed by atoms with van der Waals surface area (Å²) in [5, 5.41) is -0.968. The highest BCUT2D eigenvalue weighted by Crippen LogP contribution is 2.10. The lowest BCUT2D eigenvalue weighted by Crippen LogP contribution is -2.22. The van der Waals surface area contributed by atoms with Crippen LogP contribution in [0.25, 0.3) is 0 Å². The summed E-state index contributed by atoms with van der Waals surface area (Å²) < 4.78 is 46.5. The molecular formula is C7H11N3O4S2. The van der Waals surface area contributed by atoms with E-state index in [0.717, 1.165) is 6.26 Å². The van der Waals surface area contributed by atoms with Crippen LogP contribution in [0.1, 0.15) is 0 Å². The predicted octanol–water partition coefficient (Wildman–Crippen LogP) is -0.592. The Morgan fingerprint density at radius 2 is 1.94 bits per heavy atom. The molecule has 0 aliphatic heterocycles. The van der Waals surface area contributed by atoms with Gasteiger partial charge in [-0.1, -0.05) is 0 Å². The van der Waals surface area contributed by atoms with E-state index in [4.69, 9.17) is 5.73 Å². The number of sulfone groups is 1. The van der Waals surface area contributed by atoms with Gasteiger partial charge in [-0.15, -0.1) is 0 Å². The first-order chi connectivity index (χ1) is 7.18. The van der Waals surface area contributed by atoms with Crippen LogP contribution in [-0.4, -0.2) is 33.2 Å². The first kappa shape index (κ1) is 12.7. The topological polar surface area (TPSA) is 119 Å². The molecule has 0 bridgehead atoms. The van der Waals surface area contributed by atoms with Crippen LogP contribution in [0.2, 0.25) is 0 Å². The van der Waals surface area contributed by atoms with Gasteiger partial charge in [0.2, 0.25) is 10.0 Å². The van der Waals surface area contributed by atoms with Gasteiger partial charge in [-0.05, 0) is 12.1 Å². The van der Waals surface area contributed by atoms with E-state index < -0.39 is 24.9 Å². The number of pyridine rings is 1. The van der Waals surface area contributed by atoms with Gasteiger partial charge >= 0.3 is 0 Å². The van der Waals surface area contributed by atoms with Gasteiger partial charge in [0.05, 0.1) is 11.9 Å². The van der Waals surface area contributed by atoms with Crippen LogP contribution in [0.3, 0.4) is 0 Å². The molecule has 1 aromatic rings. The van der Waals surface area contributed by atoms with Gasteiger partial charge in [0, 0.05) is 6.26 Å². The molecule has 1 aromatic heterocycles. The van der Waals surface area contributed by atoms with Crippen molar-refractivity contribution < 1.29 is 16.8 Å². The number of hydrogen-bond donors (Lipinski definition) is 2. The zero-order chi connectivity index (χ0) is 12.4. The maximum absolute atomic E-state index is 11.4. The average molecular weight is 265 g/mol. The smallest absolute Gasteiger partial charge is 0.247 e. The van der Waals surface area contributed by atoms with Crippen molar-refractivity contribution in [2.75, 3.05) is 21.8 Å². The van der Waals surface area contributed by atoms with E-state index in [1.165, 1.54) is 18.3 Å². The van der Waals surface area contributed by atoms with Gasteiger partial charge < -0.3 is 5.73 Å². The van der Waals surface area contributed by atoms with Crippen molar-refractivity contribution in [3.63, 3.8) is 0 Å². The number of nitrogen functional groups attached to an aromatic ring is 1. The molecule has 0 saturated heterocycles. The molecule has 0 amide bonds. The van der Waals surface area contributed by atoms with Gasteiger partial charge in [0.1, 0.15) is 5.82 Å². The lowest BCUT2D eigenvalue weighted by atomic mass is 10.4. The second-order valence-corrected chi connectivity index (χ2v) is 7.46. The maximum Gasteiger partial charge on any atom is 0.247 e. The Balaban J connectivity index is 2.85. The van der Waals surface area contributed by atoms with E-state index in [1.807, 2.05) is 0 Å². The third kappa shape index (κ3) is 4.45. The summed E-state index contributed by atoms with van der Waals surface area (Å²) in [4.78, 5) is 3.66. The third-order valence-corrected chi connectivity index (χ3v) is 4.93. The Morgan fingerprint density at radius 3 is 2.38 bits per heavy atom. The summed E-state index contributed by atoms with van der Waals surface area (Å²) in [5.41, 5.74) is 5.47. The number of nitrogens with one attached hydrogen (secondary N) is 1. The Kier molecular flexibility index (Phi) is 3.38. The molecule has 0 spiro atoms. The lowest BCUT2D eigenvalue weighted by Gasteiger charge is -2.06. The molecule has 0 atom stereocenters. The van der Waals surface area contributed by atoms with Crippen LogP contribution in [-0.2, 0) is 19.9 Å². The highest BCUT2D eigenvalue weighted by Gasteiger charge is 2.17. The van der Waals surface area contributed by atoms with Crippen LogP contribution >= 0.6 is 0 Å². The number of nitrogens with two attached hydrogens (primary N) is 1. The Hall–Kier alpha value is -1.35. The van der Waals surface area contributed by atoms with E-state index in [0.29, 0.717) is 0 Å². The Labute approximate surface area is 93.7 Å². The van der Waals surface area contributed by atoms with E-state index in [1.54, 1.807) is 0 Å². The lowest BCUT2D eigenvalue weighted by molar-refractivity contribution is 0.595. The minimum atomic E-state index is -3.92. The molecule has 0 aliphatic rings. The van der Waals surface area contributed by atoms with Crippen molar-refractivity contribution in [1.82, 2.24) is 4.98 Å². The van der Waals surface area contributed by atoms with Crippen LogP contribution in [0.4, 0.5) is 11.5 Å². The molecule has 7 nitrogen and oxygen atoms in total. The van der Waals surface area contributed by atoms with E-state index >= 15 is 0 Å². The molecule has 0 unspecified atom stereocenters. The van der Waals surface area contributed by atoms with Gasteiger partial charge in [0.15, 0.2) is 14.9 Å². The van der Waals surface area contributed by atoms with Crippen molar-refractivity contribution in [2.24, 2.45) is 0 Å². The van der Waals surface area contributed by atoms with Crippen LogP contribution < -0.4 is 10.5 Å². The molecule has 0 aliphatic carbocycles. The van der Waals surface area contributed by atoms with Gasteiger partial charge in [0.25, 0.3) is 0 Å². The fourth-order valence-corrected chi connectivity index (χ4v) is 3.93. The summed E-state index contributed by atoms with van der Waals surface area (Å²) >= 11 is 0. The monoisotopic (exact) mass is 265 g/mol. The number of sulfonamides is 1. The third-order valence-electron chi connectivity index (χ3n) is 1.43. The fraction of sp³-hybridized carbons (Fsp3) is 0.286. The predicted molar refractivity (Wildman–Crippen MR) is 60.9 cm³/mol. The Morgan fingerprint density at radius 1 is 1.31 bits per heavy atom. The summed E-state index contributed by atoms with van der Waals surface area (Å²) in [6.45, 7) is 0. The average Bonchev–Trinajstić information content (AvgIpc) is 2.04. The van der Waals surface area contributed by atoms with Crippen molar-refractivity contribution in [2.45, 2.75) is 0 Å². The first-order valence-corrected chi connectivity index (χ1v) is 7.79. The summed E-state index contributed by atoms with van der Waals surface area (Å²) in [6.07, 6.45) is 2.04. The van der Waals surface area contributed by atoms with E-state index in [2.05, 4.69) is 9.71 Å².